The zero-order chi connectivity index (χ0) is 17.9. The van der Waals surface area contributed by atoms with Crippen LogP contribution in [0.25, 0.3) is 5.69 Å². The Morgan fingerprint density at radius 1 is 1.31 bits per heavy atom. The molecule has 1 fully saturated rings. The number of rotatable bonds is 7. The van der Waals surface area contributed by atoms with Crippen molar-refractivity contribution in [1.82, 2.24) is 20.1 Å². The highest BCUT2D eigenvalue weighted by Crippen LogP contribution is 2.39. The zero-order valence-electron chi connectivity index (χ0n) is 14.5. The van der Waals surface area contributed by atoms with Crippen LogP contribution in [-0.4, -0.2) is 26.4 Å². The lowest BCUT2D eigenvalue weighted by Crippen LogP contribution is -2.28. The minimum absolute atomic E-state index is 0.0607. The molecule has 1 atom stereocenters. The molecule has 1 unspecified atom stereocenters. The maximum absolute atomic E-state index is 12.3. The molecular weight excluding hydrogens is 348 g/mol. The molecule has 0 bridgehead atoms. The second-order valence-corrected chi connectivity index (χ2v) is 7.31. The first-order valence-electron chi connectivity index (χ1n) is 8.68. The van der Waals surface area contributed by atoms with Gasteiger partial charge in [0.2, 0.25) is 5.91 Å². The van der Waals surface area contributed by atoms with Gasteiger partial charge in [0.15, 0.2) is 11.0 Å². The first kappa shape index (κ1) is 16.9. The van der Waals surface area contributed by atoms with Gasteiger partial charge >= 0.3 is 0 Å². The number of nitrogens with zero attached hydrogens (tertiary/aromatic N) is 3. The van der Waals surface area contributed by atoms with E-state index in [1.165, 1.54) is 11.8 Å². The van der Waals surface area contributed by atoms with Crippen molar-refractivity contribution in [2.24, 2.45) is 0 Å². The Hall–Kier alpha value is -2.54. The van der Waals surface area contributed by atoms with Gasteiger partial charge in [-0.25, -0.2) is 9.67 Å². The topological polar surface area (TPSA) is 73.0 Å². The molecule has 0 radical (unpaired) electrons. The molecule has 26 heavy (non-hydrogen) atoms. The smallest absolute Gasteiger partial charge is 0.231 e. The van der Waals surface area contributed by atoms with Crippen molar-refractivity contribution >= 4 is 17.7 Å². The van der Waals surface area contributed by atoms with Crippen molar-refractivity contribution in [3.63, 3.8) is 0 Å². The fourth-order valence-corrected chi connectivity index (χ4v) is 3.45. The SMILES string of the molecule is CC(NC(=O)CSc1nc(C2CC2)nn1-c1ccccc1)c1ccco1. The number of hydrogen-bond acceptors (Lipinski definition) is 5. The highest BCUT2D eigenvalue weighted by atomic mass is 32.2. The number of carbonyl (C=O) groups excluding carboxylic acids is 1. The number of hydrogen-bond donors (Lipinski definition) is 1. The largest absolute Gasteiger partial charge is 0.467 e. The summed E-state index contributed by atoms with van der Waals surface area (Å²) in [6, 6.07) is 13.4. The summed E-state index contributed by atoms with van der Waals surface area (Å²) in [4.78, 5) is 17.0. The van der Waals surface area contributed by atoms with Gasteiger partial charge in [-0.2, -0.15) is 0 Å². The van der Waals surface area contributed by atoms with E-state index in [0.717, 1.165) is 35.3 Å². The number of amides is 1. The van der Waals surface area contributed by atoms with Crippen LogP contribution >= 0.6 is 11.8 Å². The Morgan fingerprint density at radius 3 is 2.81 bits per heavy atom. The number of nitrogens with one attached hydrogen (secondary N) is 1. The molecule has 2 aromatic heterocycles. The summed E-state index contributed by atoms with van der Waals surface area (Å²) in [5.74, 6) is 2.30. The van der Waals surface area contributed by atoms with E-state index >= 15 is 0 Å². The molecule has 0 spiro atoms. The Balaban J connectivity index is 1.45. The van der Waals surface area contributed by atoms with E-state index in [4.69, 9.17) is 4.42 Å². The molecular formula is C19H20N4O2S. The molecule has 1 saturated carbocycles. The minimum Gasteiger partial charge on any atom is -0.467 e. The number of aromatic nitrogens is 3. The van der Waals surface area contributed by atoms with Crippen LogP contribution in [0.15, 0.2) is 58.3 Å². The van der Waals surface area contributed by atoms with Gasteiger partial charge in [0.05, 0.1) is 23.7 Å². The Kier molecular flexibility index (Phi) is 4.79. The van der Waals surface area contributed by atoms with Gasteiger partial charge < -0.3 is 9.73 Å². The van der Waals surface area contributed by atoms with Gasteiger partial charge in [0, 0.05) is 5.92 Å². The van der Waals surface area contributed by atoms with Gasteiger partial charge in [-0.05, 0) is 44.0 Å². The van der Waals surface area contributed by atoms with E-state index in [0.29, 0.717) is 5.92 Å². The molecule has 7 heteroatoms. The molecule has 1 aliphatic carbocycles. The number of para-hydroxylation sites is 1. The van der Waals surface area contributed by atoms with Crippen LogP contribution in [0, 0.1) is 0 Å². The van der Waals surface area contributed by atoms with Crippen LogP contribution in [-0.2, 0) is 4.79 Å². The highest BCUT2D eigenvalue weighted by Gasteiger charge is 2.29. The Bertz CT molecular complexity index is 872. The van der Waals surface area contributed by atoms with Crippen molar-refractivity contribution in [2.75, 3.05) is 5.75 Å². The lowest BCUT2D eigenvalue weighted by atomic mass is 10.2. The summed E-state index contributed by atoms with van der Waals surface area (Å²) in [7, 11) is 0. The molecule has 0 aliphatic heterocycles. The molecule has 4 rings (SSSR count). The average Bonchev–Trinajstić information content (AvgIpc) is 3.20. The summed E-state index contributed by atoms with van der Waals surface area (Å²) in [5.41, 5.74) is 0.957. The van der Waals surface area contributed by atoms with E-state index < -0.39 is 0 Å². The third-order valence-corrected chi connectivity index (χ3v) is 5.15. The third kappa shape index (κ3) is 3.83. The van der Waals surface area contributed by atoms with Crippen LogP contribution in [0.5, 0.6) is 0 Å². The summed E-state index contributed by atoms with van der Waals surface area (Å²) in [6.07, 6.45) is 3.89. The summed E-state index contributed by atoms with van der Waals surface area (Å²) in [5, 5.41) is 8.35. The molecule has 2 heterocycles. The van der Waals surface area contributed by atoms with Gasteiger partial charge in [-0.1, -0.05) is 30.0 Å². The number of thioether (sulfide) groups is 1. The van der Waals surface area contributed by atoms with E-state index in [2.05, 4.69) is 15.4 Å². The van der Waals surface area contributed by atoms with E-state index in [1.54, 1.807) is 6.26 Å². The van der Waals surface area contributed by atoms with Crippen LogP contribution in [0.1, 0.15) is 43.3 Å². The number of benzene rings is 1. The number of carbonyl (C=O) groups is 1. The standard InChI is InChI=1S/C19H20N4O2S/c1-13(16-8-5-11-25-16)20-17(24)12-26-19-21-18(14-9-10-14)22-23(19)15-6-3-2-4-7-15/h2-8,11,13-14H,9-10,12H2,1H3,(H,20,24). The predicted molar refractivity (Wildman–Crippen MR) is 99.3 cm³/mol. The lowest BCUT2D eigenvalue weighted by molar-refractivity contribution is -0.119. The molecule has 3 aromatic rings. The van der Waals surface area contributed by atoms with Crippen LogP contribution in [0.4, 0.5) is 0 Å². The Labute approximate surface area is 156 Å². The fraction of sp³-hybridized carbons (Fsp3) is 0.316. The van der Waals surface area contributed by atoms with Crippen molar-refractivity contribution in [3.8, 4) is 5.69 Å². The molecule has 1 N–H and O–H groups in total. The van der Waals surface area contributed by atoms with E-state index in [1.807, 2.05) is 54.1 Å². The zero-order valence-corrected chi connectivity index (χ0v) is 15.3. The van der Waals surface area contributed by atoms with Crippen molar-refractivity contribution < 1.29 is 9.21 Å². The van der Waals surface area contributed by atoms with Gasteiger partial charge in [0.1, 0.15) is 5.76 Å². The third-order valence-electron chi connectivity index (χ3n) is 4.22. The molecule has 1 aliphatic rings. The maximum atomic E-state index is 12.3. The van der Waals surface area contributed by atoms with Crippen molar-refractivity contribution in [3.05, 3.63) is 60.3 Å². The average molecular weight is 368 g/mol. The van der Waals surface area contributed by atoms with Gasteiger partial charge in [-0.3, -0.25) is 4.79 Å². The lowest BCUT2D eigenvalue weighted by Gasteiger charge is -2.11. The predicted octanol–water partition coefficient (Wildman–Crippen LogP) is 3.71. The molecule has 1 amide bonds. The summed E-state index contributed by atoms with van der Waals surface area (Å²) >= 11 is 1.40. The summed E-state index contributed by atoms with van der Waals surface area (Å²) < 4.78 is 7.16. The number of furan rings is 1. The van der Waals surface area contributed by atoms with Gasteiger partial charge in [0.25, 0.3) is 0 Å². The van der Waals surface area contributed by atoms with E-state index in [9.17, 15) is 4.79 Å². The van der Waals surface area contributed by atoms with Gasteiger partial charge in [-0.15, -0.1) is 5.10 Å². The first-order chi connectivity index (χ1) is 12.7. The monoisotopic (exact) mass is 368 g/mol. The van der Waals surface area contributed by atoms with Crippen LogP contribution in [0.2, 0.25) is 0 Å². The fourth-order valence-electron chi connectivity index (χ4n) is 2.68. The Morgan fingerprint density at radius 2 is 2.12 bits per heavy atom. The quantitative estimate of drug-likeness (QED) is 0.644. The summed E-state index contributed by atoms with van der Waals surface area (Å²) in [6.45, 7) is 1.90. The maximum Gasteiger partial charge on any atom is 0.231 e. The van der Waals surface area contributed by atoms with Crippen molar-refractivity contribution in [1.29, 1.82) is 0 Å². The van der Waals surface area contributed by atoms with Crippen LogP contribution < -0.4 is 5.32 Å². The molecule has 1 aromatic carbocycles. The highest BCUT2D eigenvalue weighted by molar-refractivity contribution is 7.99. The van der Waals surface area contributed by atoms with E-state index in [-0.39, 0.29) is 17.7 Å². The minimum atomic E-state index is -0.160. The molecule has 6 nitrogen and oxygen atoms in total. The van der Waals surface area contributed by atoms with Crippen LogP contribution in [0.3, 0.4) is 0 Å². The normalized spacial score (nSPS) is 15.0. The van der Waals surface area contributed by atoms with Crippen molar-refractivity contribution in [2.45, 2.75) is 36.9 Å². The first-order valence-corrected chi connectivity index (χ1v) is 9.67. The second kappa shape index (κ2) is 7.37. The second-order valence-electron chi connectivity index (χ2n) is 6.37. The molecule has 134 valence electrons. The molecule has 0 saturated heterocycles.